The van der Waals surface area contributed by atoms with Gasteiger partial charge in [0.25, 0.3) is 0 Å². The molecule has 182 valence electrons. The molecule has 0 bridgehead atoms. The van der Waals surface area contributed by atoms with E-state index in [1.807, 2.05) is 0 Å². The Morgan fingerprint density at radius 3 is 2.17 bits per heavy atom. The van der Waals surface area contributed by atoms with Crippen LogP contribution in [-0.4, -0.2) is 40.7 Å². The quantitative estimate of drug-likeness (QED) is 0.587. The van der Waals surface area contributed by atoms with Crippen molar-refractivity contribution in [1.29, 1.82) is 0 Å². The smallest absolute Gasteiger partial charge is 0.326 e. The average molecular weight is 500 g/mol. The van der Waals surface area contributed by atoms with Crippen LogP contribution in [0.2, 0.25) is 0 Å². The number of nitrogens with two attached hydrogens (primary N) is 1. The first-order valence-corrected chi connectivity index (χ1v) is 12.1. The van der Waals surface area contributed by atoms with Gasteiger partial charge in [-0.1, -0.05) is 36.0 Å². The molecule has 3 aliphatic rings. The number of halogens is 2. The van der Waals surface area contributed by atoms with Gasteiger partial charge in [0.1, 0.15) is 30.4 Å². The monoisotopic (exact) mass is 499 g/mol. The number of nitrogens with zero attached hydrogens (tertiary/aromatic N) is 2. The number of carbonyl (C=O) groups is 2. The molecule has 2 fully saturated rings. The number of fused-ring (bicyclic) bond motifs is 1. The number of benzene rings is 2. The summed E-state index contributed by atoms with van der Waals surface area (Å²) in [5.74, 6) is -2.99. The number of aliphatic imine (C=N–C) groups is 2. The molecule has 2 aromatic rings. The lowest BCUT2D eigenvalue weighted by atomic mass is 9.91. The molecule has 0 saturated heterocycles. The lowest BCUT2D eigenvalue weighted by molar-refractivity contribution is -0.153. The molecule has 2 aromatic carbocycles. The number of hydrogen-bond acceptors (Lipinski definition) is 8. The Morgan fingerprint density at radius 1 is 1.00 bits per heavy atom. The van der Waals surface area contributed by atoms with Gasteiger partial charge in [0.2, 0.25) is 0 Å². The molecule has 10 heteroatoms. The van der Waals surface area contributed by atoms with Crippen LogP contribution in [0.5, 0.6) is 0 Å². The molecular formula is C25H23F2N3O4S. The summed E-state index contributed by atoms with van der Waals surface area (Å²) in [6, 6.07) is 11.3. The third-order valence-corrected chi connectivity index (χ3v) is 7.86. The van der Waals surface area contributed by atoms with E-state index in [-0.39, 0.29) is 36.0 Å². The minimum absolute atomic E-state index is 0.00352. The molecule has 0 spiro atoms. The Labute approximate surface area is 204 Å². The van der Waals surface area contributed by atoms with Crippen molar-refractivity contribution < 1.29 is 27.8 Å². The maximum absolute atomic E-state index is 13.2. The zero-order valence-corrected chi connectivity index (χ0v) is 19.4. The largest absolute Gasteiger partial charge is 0.461 e. The van der Waals surface area contributed by atoms with Crippen LogP contribution in [-0.2, 0) is 32.3 Å². The van der Waals surface area contributed by atoms with Gasteiger partial charge in [-0.15, -0.1) is 0 Å². The summed E-state index contributed by atoms with van der Waals surface area (Å²) >= 11 is 1.41. The van der Waals surface area contributed by atoms with Gasteiger partial charge in [-0.3, -0.25) is 14.6 Å². The summed E-state index contributed by atoms with van der Waals surface area (Å²) < 4.78 is 37.3. The molecule has 35 heavy (non-hydrogen) atoms. The van der Waals surface area contributed by atoms with E-state index in [4.69, 9.17) is 15.2 Å². The Kier molecular flexibility index (Phi) is 6.41. The van der Waals surface area contributed by atoms with E-state index in [0.29, 0.717) is 29.3 Å². The highest BCUT2D eigenvalue weighted by Gasteiger charge is 2.74. The molecule has 2 N–H and O–H groups in total. The Bertz CT molecular complexity index is 1190. The fourth-order valence-corrected chi connectivity index (χ4v) is 6.30. The fourth-order valence-electron chi connectivity index (χ4n) is 4.89. The summed E-state index contributed by atoms with van der Waals surface area (Å²) in [4.78, 5) is 34.6. The van der Waals surface area contributed by atoms with E-state index in [0.717, 1.165) is 0 Å². The average Bonchev–Trinajstić information content (AvgIpc) is 3.28. The van der Waals surface area contributed by atoms with Crippen molar-refractivity contribution in [2.45, 2.75) is 30.4 Å². The maximum atomic E-state index is 13.2. The highest BCUT2D eigenvalue weighted by atomic mass is 32.2. The summed E-state index contributed by atoms with van der Waals surface area (Å²) in [5.41, 5.74) is 6.53. The van der Waals surface area contributed by atoms with Crippen LogP contribution in [0.3, 0.4) is 0 Å². The third kappa shape index (κ3) is 4.85. The predicted octanol–water partition coefficient (Wildman–Crippen LogP) is 3.26. The highest BCUT2D eigenvalue weighted by molar-refractivity contribution is 8.14. The number of ether oxygens (including phenoxy) is 2. The number of rotatable bonds is 7. The number of esters is 2. The highest BCUT2D eigenvalue weighted by Crippen LogP contribution is 2.65. The normalized spacial score (nSPS) is 28.4. The van der Waals surface area contributed by atoms with Gasteiger partial charge in [0.15, 0.2) is 5.17 Å². The van der Waals surface area contributed by atoms with E-state index < -0.39 is 29.3 Å². The Hall–Kier alpha value is -3.11. The first-order chi connectivity index (χ1) is 16.8. The van der Waals surface area contributed by atoms with Crippen LogP contribution in [0, 0.1) is 29.4 Å². The molecule has 1 aliphatic heterocycles. The van der Waals surface area contributed by atoms with Crippen LogP contribution < -0.4 is 5.73 Å². The minimum Gasteiger partial charge on any atom is -0.461 e. The first-order valence-electron chi connectivity index (χ1n) is 11.2. The zero-order chi connectivity index (χ0) is 24.6. The molecule has 0 unspecified atom stereocenters. The molecule has 5 atom stereocenters. The third-order valence-electron chi connectivity index (χ3n) is 6.63. The second-order valence-electron chi connectivity index (χ2n) is 8.90. The number of carbonyl (C=O) groups excluding carboxylic acids is 2. The van der Waals surface area contributed by atoms with Crippen molar-refractivity contribution in [3.05, 3.63) is 71.3 Å². The predicted molar refractivity (Wildman–Crippen MR) is 127 cm³/mol. The van der Waals surface area contributed by atoms with Crippen LogP contribution in [0.4, 0.5) is 8.78 Å². The summed E-state index contributed by atoms with van der Waals surface area (Å²) in [6.45, 7) is 0.445. The molecular weight excluding hydrogens is 476 g/mol. The van der Waals surface area contributed by atoms with Crippen molar-refractivity contribution in [2.24, 2.45) is 33.5 Å². The summed E-state index contributed by atoms with van der Waals surface area (Å²) in [6.07, 6.45) is 2.01. The van der Waals surface area contributed by atoms with E-state index >= 15 is 0 Å². The van der Waals surface area contributed by atoms with E-state index in [2.05, 4.69) is 9.98 Å². The summed E-state index contributed by atoms with van der Waals surface area (Å²) in [5, 5.41) is 0.448. The molecule has 2 aliphatic carbocycles. The van der Waals surface area contributed by atoms with Gasteiger partial charge in [-0.2, -0.15) is 0 Å². The molecule has 5 rings (SSSR count). The molecule has 0 amide bonds. The van der Waals surface area contributed by atoms with Crippen molar-refractivity contribution >= 4 is 35.1 Å². The van der Waals surface area contributed by atoms with E-state index in [9.17, 15) is 18.4 Å². The van der Waals surface area contributed by atoms with Crippen LogP contribution >= 0.6 is 11.8 Å². The fraction of sp³-hybridized carbons (Fsp3) is 0.360. The van der Waals surface area contributed by atoms with Gasteiger partial charge >= 0.3 is 11.9 Å². The van der Waals surface area contributed by atoms with Gasteiger partial charge in [-0.25, -0.2) is 13.8 Å². The zero-order valence-electron chi connectivity index (χ0n) is 18.6. The Balaban J connectivity index is 1.28. The number of hydrogen-bond donors (Lipinski definition) is 1. The SMILES string of the molecule is N[C@@]1(C(=O)OCc2ccc(F)cc2)C[C@H](SC2=NCC=N2)[C@H]2[C@H](C(=O)OCc3ccc(F)cc3)[C@H]21. The lowest BCUT2D eigenvalue weighted by Gasteiger charge is -2.27. The van der Waals surface area contributed by atoms with Gasteiger partial charge < -0.3 is 15.2 Å². The second-order valence-corrected chi connectivity index (χ2v) is 10.1. The van der Waals surface area contributed by atoms with Gasteiger partial charge in [0.05, 0.1) is 12.5 Å². The first kappa shape index (κ1) is 23.6. The standard InChI is InChI=1S/C25H23F2N3O4S/c26-16-5-1-14(2-6-16)12-33-22(31)20-19-18(35-24-29-9-10-30-24)11-25(28,21(19)20)23(32)34-13-15-3-7-17(27)8-4-15/h1-9,18-21H,10-13,28H2/t18-,19-,20-,21-,25-/m0/s1. The number of amidine groups is 1. The van der Waals surface area contributed by atoms with Crippen LogP contribution in [0.1, 0.15) is 17.5 Å². The summed E-state index contributed by atoms with van der Waals surface area (Å²) in [7, 11) is 0. The second kappa shape index (κ2) is 9.50. The molecule has 0 radical (unpaired) electrons. The van der Waals surface area contributed by atoms with Crippen molar-refractivity contribution in [3.63, 3.8) is 0 Å². The molecule has 2 saturated carbocycles. The van der Waals surface area contributed by atoms with Crippen molar-refractivity contribution in [1.82, 2.24) is 0 Å². The van der Waals surface area contributed by atoms with E-state index in [1.54, 1.807) is 18.3 Å². The van der Waals surface area contributed by atoms with Gasteiger partial charge in [-0.05, 0) is 47.7 Å². The van der Waals surface area contributed by atoms with Crippen molar-refractivity contribution in [2.75, 3.05) is 6.54 Å². The maximum Gasteiger partial charge on any atom is 0.326 e. The lowest BCUT2D eigenvalue weighted by Crippen LogP contribution is -2.51. The minimum atomic E-state index is -1.37. The van der Waals surface area contributed by atoms with Crippen molar-refractivity contribution in [3.8, 4) is 0 Å². The molecule has 1 heterocycles. The topological polar surface area (TPSA) is 103 Å². The Morgan fingerprint density at radius 2 is 1.60 bits per heavy atom. The molecule has 0 aromatic heterocycles. The number of thioether (sulfide) groups is 1. The van der Waals surface area contributed by atoms with E-state index in [1.165, 1.54) is 48.2 Å². The van der Waals surface area contributed by atoms with Gasteiger partial charge in [0, 0.05) is 17.4 Å². The van der Waals surface area contributed by atoms with Crippen LogP contribution in [0.15, 0.2) is 58.5 Å². The van der Waals surface area contributed by atoms with Crippen LogP contribution in [0.25, 0.3) is 0 Å². The molecule has 7 nitrogen and oxygen atoms in total.